The molecule has 0 aromatic heterocycles. The van der Waals surface area contributed by atoms with Crippen molar-refractivity contribution in [1.29, 1.82) is 0 Å². The zero-order valence-corrected chi connectivity index (χ0v) is 21.2. The first kappa shape index (κ1) is 25.7. The molecule has 0 atom stereocenters. The fourth-order valence-corrected chi connectivity index (χ4v) is 3.91. The zero-order valence-electron chi connectivity index (χ0n) is 20.4. The van der Waals surface area contributed by atoms with E-state index in [9.17, 15) is 19.2 Å². The van der Waals surface area contributed by atoms with Crippen molar-refractivity contribution < 1.29 is 23.9 Å². The molecule has 4 rings (SSSR count). The van der Waals surface area contributed by atoms with Crippen LogP contribution in [0.2, 0.25) is 5.02 Å². The number of imide groups is 2. The predicted molar refractivity (Wildman–Crippen MR) is 142 cm³/mol. The Morgan fingerprint density at radius 3 is 2.51 bits per heavy atom. The SMILES string of the molecule is Cc1ccc(NC(=O)COc2cccc(/C=C3/C(=O)NC(=O)N(c4cccc(Cl)c4C)C3=O)c2)cc1C. The van der Waals surface area contributed by atoms with Gasteiger partial charge in [0.15, 0.2) is 6.61 Å². The van der Waals surface area contributed by atoms with Crippen molar-refractivity contribution in [1.82, 2.24) is 5.32 Å². The van der Waals surface area contributed by atoms with Gasteiger partial charge < -0.3 is 10.1 Å². The van der Waals surface area contributed by atoms with Crippen LogP contribution in [0, 0.1) is 20.8 Å². The van der Waals surface area contributed by atoms with Gasteiger partial charge in [0.2, 0.25) is 0 Å². The second-order valence-corrected chi connectivity index (χ2v) is 8.96. The van der Waals surface area contributed by atoms with Crippen molar-refractivity contribution >= 4 is 52.8 Å². The molecule has 0 saturated carbocycles. The fourth-order valence-electron chi connectivity index (χ4n) is 3.74. The molecule has 1 aliphatic rings. The molecule has 9 heteroatoms. The van der Waals surface area contributed by atoms with Crippen LogP contribution in [0.4, 0.5) is 16.2 Å². The lowest BCUT2D eigenvalue weighted by molar-refractivity contribution is -0.122. The van der Waals surface area contributed by atoms with Gasteiger partial charge in [0.25, 0.3) is 17.7 Å². The van der Waals surface area contributed by atoms with Crippen molar-refractivity contribution in [2.45, 2.75) is 20.8 Å². The van der Waals surface area contributed by atoms with Gasteiger partial charge in [-0.05, 0) is 85.5 Å². The minimum atomic E-state index is -0.857. The average Bonchev–Trinajstić information content (AvgIpc) is 2.85. The predicted octanol–water partition coefficient (Wildman–Crippen LogP) is 4.95. The van der Waals surface area contributed by atoms with Gasteiger partial charge in [-0.3, -0.25) is 19.7 Å². The number of carbonyl (C=O) groups is 4. The van der Waals surface area contributed by atoms with Gasteiger partial charge in [0.1, 0.15) is 11.3 Å². The molecular formula is C28H24ClN3O5. The highest BCUT2D eigenvalue weighted by molar-refractivity contribution is 6.40. The second-order valence-electron chi connectivity index (χ2n) is 8.55. The Balaban J connectivity index is 1.50. The number of hydrogen-bond donors (Lipinski definition) is 2. The van der Waals surface area contributed by atoms with Crippen LogP contribution in [0.5, 0.6) is 5.75 Å². The summed E-state index contributed by atoms with van der Waals surface area (Å²) in [5.74, 6) is -1.56. The number of urea groups is 1. The summed E-state index contributed by atoms with van der Waals surface area (Å²) in [6, 6.07) is 16.2. The highest BCUT2D eigenvalue weighted by atomic mass is 35.5. The largest absolute Gasteiger partial charge is 0.484 e. The molecule has 0 aliphatic carbocycles. The number of nitrogens with zero attached hydrogens (tertiary/aromatic N) is 1. The van der Waals surface area contributed by atoms with Crippen LogP contribution in [0.1, 0.15) is 22.3 Å². The van der Waals surface area contributed by atoms with Crippen LogP contribution in [0.15, 0.2) is 66.2 Å². The number of rotatable bonds is 6. The lowest BCUT2D eigenvalue weighted by Gasteiger charge is -2.27. The number of aryl methyl sites for hydroxylation is 2. The van der Waals surface area contributed by atoms with Crippen molar-refractivity contribution in [2.75, 3.05) is 16.8 Å². The van der Waals surface area contributed by atoms with Gasteiger partial charge in [-0.1, -0.05) is 35.9 Å². The molecule has 3 aromatic carbocycles. The lowest BCUT2D eigenvalue weighted by atomic mass is 10.1. The van der Waals surface area contributed by atoms with Crippen LogP contribution in [-0.4, -0.2) is 30.4 Å². The summed E-state index contributed by atoms with van der Waals surface area (Å²) < 4.78 is 5.61. The van der Waals surface area contributed by atoms with Gasteiger partial charge in [0, 0.05) is 10.7 Å². The summed E-state index contributed by atoms with van der Waals surface area (Å²) in [7, 11) is 0. The zero-order chi connectivity index (χ0) is 26.7. The third-order valence-electron chi connectivity index (χ3n) is 5.91. The molecule has 5 amide bonds. The standard InChI is InChI=1S/C28H24ClN3O5/c1-16-10-11-20(12-17(16)2)30-25(33)15-37-21-7-4-6-19(13-21)14-22-26(34)31-28(36)32(27(22)35)24-9-5-8-23(29)18(24)3/h4-14H,15H2,1-3H3,(H,30,33)(H,31,34,36)/b22-14-. The fraction of sp³-hybridized carbons (Fsp3) is 0.143. The minimum absolute atomic E-state index is 0.233. The molecule has 2 N–H and O–H groups in total. The summed E-state index contributed by atoms with van der Waals surface area (Å²) >= 11 is 6.16. The summed E-state index contributed by atoms with van der Waals surface area (Å²) in [4.78, 5) is 51.4. The first-order valence-electron chi connectivity index (χ1n) is 11.4. The molecule has 1 fully saturated rings. The third-order valence-corrected chi connectivity index (χ3v) is 6.32. The number of carbonyl (C=O) groups excluding carboxylic acids is 4. The van der Waals surface area contributed by atoms with E-state index in [4.69, 9.17) is 16.3 Å². The van der Waals surface area contributed by atoms with Crippen LogP contribution in [-0.2, 0) is 14.4 Å². The number of barbiturate groups is 1. The monoisotopic (exact) mass is 517 g/mol. The highest BCUT2D eigenvalue weighted by Crippen LogP contribution is 2.29. The van der Waals surface area contributed by atoms with Crippen LogP contribution >= 0.6 is 11.6 Å². The van der Waals surface area contributed by atoms with Crippen LogP contribution in [0.3, 0.4) is 0 Å². The molecule has 3 aromatic rings. The quantitative estimate of drug-likeness (QED) is 0.355. The Bertz CT molecular complexity index is 1460. The van der Waals surface area contributed by atoms with Gasteiger partial charge in [0.05, 0.1) is 5.69 Å². The maximum Gasteiger partial charge on any atom is 0.335 e. The molecule has 0 radical (unpaired) electrons. The van der Waals surface area contributed by atoms with Crippen molar-refractivity contribution in [3.05, 3.63) is 93.5 Å². The molecule has 1 saturated heterocycles. The van der Waals surface area contributed by atoms with Crippen LogP contribution < -0.4 is 20.3 Å². The Kier molecular flexibility index (Phi) is 7.40. The number of amides is 5. The summed E-state index contributed by atoms with van der Waals surface area (Å²) in [5.41, 5.74) is 3.90. The molecule has 0 bridgehead atoms. The Morgan fingerprint density at radius 1 is 1.00 bits per heavy atom. The highest BCUT2D eigenvalue weighted by Gasteiger charge is 2.37. The minimum Gasteiger partial charge on any atom is -0.484 e. The summed E-state index contributed by atoms with van der Waals surface area (Å²) in [5, 5.41) is 5.36. The summed E-state index contributed by atoms with van der Waals surface area (Å²) in [6.45, 7) is 5.40. The van der Waals surface area contributed by atoms with Gasteiger partial charge in [-0.2, -0.15) is 0 Å². The molecule has 1 aliphatic heterocycles. The van der Waals surface area contributed by atoms with Gasteiger partial charge >= 0.3 is 6.03 Å². The Hall–Kier alpha value is -4.43. The van der Waals surface area contributed by atoms with Crippen LogP contribution in [0.25, 0.3) is 6.08 Å². The Labute approximate surface area is 218 Å². The van der Waals surface area contributed by atoms with Crippen molar-refractivity contribution in [2.24, 2.45) is 0 Å². The first-order chi connectivity index (χ1) is 17.6. The molecule has 37 heavy (non-hydrogen) atoms. The topological polar surface area (TPSA) is 105 Å². The normalized spacial score (nSPS) is 14.5. The van der Waals surface area contributed by atoms with E-state index in [1.807, 2.05) is 32.0 Å². The molecule has 188 valence electrons. The van der Waals surface area contributed by atoms with Crippen molar-refractivity contribution in [3.63, 3.8) is 0 Å². The Morgan fingerprint density at radius 2 is 1.76 bits per heavy atom. The van der Waals surface area contributed by atoms with E-state index >= 15 is 0 Å². The van der Waals surface area contributed by atoms with Gasteiger partial charge in [-0.15, -0.1) is 0 Å². The number of anilines is 2. The lowest BCUT2D eigenvalue weighted by Crippen LogP contribution is -2.54. The number of ether oxygens (including phenoxy) is 1. The smallest absolute Gasteiger partial charge is 0.335 e. The molecule has 1 heterocycles. The van der Waals surface area contributed by atoms with E-state index in [0.717, 1.165) is 16.0 Å². The number of halogens is 1. The maximum absolute atomic E-state index is 13.2. The number of hydrogen-bond acceptors (Lipinski definition) is 5. The van der Waals surface area contributed by atoms with E-state index in [1.54, 1.807) is 49.4 Å². The molecule has 0 spiro atoms. The molecular weight excluding hydrogens is 494 g/mol. The van der Waals surface area contributed by atoms with E-state index in [1.165, 1.54) is 6.08 Å². The molecule has 8 nitrogen and oxygen atoms in total. The number of nitrogens with one attached hydrogen (secondary N) is 2. The van der Waals surface area contributed by atoms with Crippen molar-refractivity contribution in [3.8, 4) is 5.75 Å². The number of benzene rings is 3. The third kappa shape index (κ3) is 5.70. The van der Waals surface area contributed by atoms with E-state index < -0.39 is 17.8 Å². The molecule has 0 unspecified atom stereocenters. The average molecular weight is 518 g/mol. The van der Waals surface area contributed by atoms with E-state index in [-0.39, 0.29) is 23.8 Å². The maximum atomic E-state index is 13.2. The van der Waals surface area contributed by atoms with E-state index in [2.05, 4.69) is 10.6 Å². The summed E-state index contributed by atoms with van der Waals surface area (Å²) in [6.07, 6.45) is 1.36. The van der Waals surface area contributed by atoms with Gasteiger partial charge in [-0.25, -0.2) is 9.69 Å². The van der Waals surface area contributed by atoms with E-state index in [0.29, 0.717) is 27.6 Å². The first-order valence-corrected chi connectivity index (χ1v) is 11.8. The second kappa shape index (κ2) is 10.7.